The Balaban J connectivity index is 3.69. The van der Waals surface area contributed by atoms with Crippen LogP contribution in [0.25, 0.3) is 0 Å². The largest absolute Gasteiger partial charge is 0.393 e. The predicted molar refractivity (Wildman–Crippen MR) is 66.5 cm³/mol. The predicted octanol–water partition coefficient (Wildman–Crippen LogP) is 0.522. The van der Waals surface area contributed by atoms with Crippen LogP contribution in [0.1, 0.15) is 40.0 Å². The topological polar surface area (TPSA) is 69.6 Å². The van der Waals surface area contributed by atoms with E-state index in [9.17, 15) is 9.59 Å². The smallest absolute Gasteiger partial charge is 0.224 e. The number of carbonyl (C=O) groups excluding carboxylic acids is 2. The number of amides is 2. The van der Waals surface area contributed by atoms with Crippen molar-refractivity contribution >= 4 is 11.8 Å². The number of hydrogen-bond donors (Lipinski definition) is 2. The van der Waals surface area contributed by atoms with E-state index in [1.165, 1.54) is 0 Å². The molecular formula is C12H24N2O3. The van der Waals surface area contributed by atoms with Gasteiger partial charge in [0.05, 0.1) is 6.10 Å². The molecule has 0 aliphatic rings. The second-order valence-corrected chi connectivity index (χ2v) is 4.05. The van der Waals surface area contributed by atoms with Gasteiger partial charge in [0, 0.05) is 32.5 Å². The van der Waals surface area contributed by atoms with E-state index in [0.717, 1.165) is 0 Å². The van der Waals surface area contributed by atoms with Crippen LogP contribution in [0.4, 0.5) is 0 Å². The van der Waals surface area contributed by atoms with Gasteiger partial charge in [0.15, 0.2) is 0 Å². The molecule has 2 N–H and O–H groups in total. The Kier molecular flexibility index (Phi) is 8.40. The van der Waals surface area contributed by atoms with E-state index in [1.54, 1.807) is 11.8 Å². The molecule has 0 aromatic rings. The van der Waals surface area contributed by atoms with Crippen molar-refractivity contribution < 1.29 is 14.7 Å². The molecule has 1 atom stereocenters. The highest BCUT2D eigenvalue weighted by Gasteiger charge is 2.09. The van der Waals surface area contributed by atoms with Crippen LogP contribution < -0.4 is 5.32 Å². The van der Waals surface area contributed by atoms with Crippen molar-refractivity contribution in [1.29, 1.82) is 0 Å². The minimum atomic E-state index is -0.460. The molecule has 100 valence electrons. The average Bonchev–Trinajstić information content (AvgIpc) is 2.28. The van der Waals surface area contributed by atoms with Crippen molar-refractivity contribution in [3.63, 3.8) is 0 Å². The van der Waals surface area contributed by atoms with E-state index in [4.69, 9.17) is 5.11 Å². The molecular weight excluding hydrogens is 220 g/mol. The first-order valence-electron chi connectivity index (χ1n) is 6.23. The van der Waals surface area contributed by atoms with Gasteiger partial charge in [-0.3, -0.25) is 9.59 Å². The van der Waals surface area contributed by atoms with Gasteiger partial charge in [0.1, 0.15) is 0 Å². The Hall–Kier alpha value is -1.10. The van der Waals surface area contributed by atoms with Gasteiger partial charge >= 0.3 is 0 Å². The molecule has 0 rings (SSSR count). The first-order valence-corrected chi connectivity index (χ1v) is 6.23. The second-order valence-electron chi connectivity index (χ2n) is 4.05. The summed E-state index contributed by atoms with van der Waals surface area (Å²) in [4.78, 5) is 24.6. The fourth-order valence-electron chi connectivity index (χ4n) is 1.47. The van der Waals surface area contributed by atoms with E-state index in [0.29, 0.717) is 38.9 Å². The molecule has 2 amide bonds. The number of nitrogens with zero attached hydrogens (tertiary/aromatic N) is 1. The summed E-state index contributed by atoms with van der Waals surface area (Å²) in [7, 11) is 0. The molecule has 5 heteroatoms. The third-order valence-electron chi connectivity index (χ3n) is 2.57. The molecule has 5 nitrogen and oxygen atoms in total. The molecule has 0 aromatic carbocycles. The van der Waals surface area contributed by atoms with Crippen LogP contribution in [0, 0.1) is 0 Å². The van der Waals surface area contributed by atoms with Crippen LogP contribution in [0.2, 0.25) is 0 Å². The van der Waals surface area contributed by atoms with E-state index >= 15 is 0 Å². The highest BCUT2D eigenvalue weighted by atomic mass is 16.3. The van der Waals surface area contributed by atoms with Gasteiger partial charge in [-0.05, 0) is 27.2 Å². The van der Waals surface area contributed by atoms with Gasteiger partial charge in [-0.2, -0.15) is 0 Å². The monoisotopic (exact) mass is 244 g/mol. The lowest BCUT2D eigenvalue weighted by molar-refractivity contribution is -0.130. The minimum Gasteiger partial charge on any atom is -0.393 e. The Morgan fingerprint density at radius 3 is 2.29 bits per heavy atom. The van der Waals surface area contributed by atoms with Gasteiger partial charge in [-0.25, -0.2) is 0 Å². The summed E-state index contributed by atoms with van der Waals surface area (Å²) in [5, 5.41) is 11.7. The summed E-state index contributed by atoms with van der Waals surface area (Å²) < 4.78 is 0. The molecule has 0 saturated carbocycles. The summed E-state index contributed by atoms with van der Waals surface area (Å²) in [5.41, 5.74) is 0. The van der Waals surface area contributed by atoms with Crippen molar-refractivity contribution in [2.45, 2.75) is 46.1 Å². The van der Waals surface area contributed by atoms with Crippen LogP contribution in [0.5, 0.6) is 0 Å². The molecule has 0 bridgehead atoms. The van der Waals surface area contributed by atoms with Crippen LogP contribution in [0.15, 0.2) is 0 Å². The lowest BCUT2D eigenvalue weighted by Crippen LogP contribution is -2.34. The highest BCUT2D eigenvalue weighted by Crippen LogP contribution is 1.96. The molecule has 0 heterocycles. The van der Waals surface area contributed by atoms with Crippen molar-refractivity contribution in [2.75, 3.05) is 19.6 Å². The maximum Gasteiger partial charge on any atom is 0.224 e. The van der Waals surface area contributed by atoms with Gasteiger partial charge in [-0.1, -0.05) is 0 Å². The maximum absolute atomic E-state index is 11.6. The minimum absolute atomic E-state index is 0.0610. The quantitative estimate of drug-likeness (QED) is 0.654. The molecule has 0 aliphatic heterocycles. The average molecular weight is 244 g/mol. The van der Waals surface area contributed by atoms with E-state index < -0.39 is 6.10 Å². The number of carbonyl (C=O) groups is 2. The Morgan fingerprint density at radius 1 is 1.24 bits per heavy atom. The number of hydrogen-bond acceptors (Lipinski definition) is 3. The van der Waals surface area contributed by atoms with E-state index in [2.05, 4.69) is 5.32 Å². The fraction of sp³-hybridized carbons (Fsp3) is 0.833. The molecule has 0 saturated heterocycles. The van der Waals surface area contributed by atoms with Gasteiger partial charge < -0.3 is 15.3 Å². The van der Waals surface area contributed by atoms with Crippen LogP contribution >= 0.6 is 0 Å². The molecule has 17 heavy (non-hydrogen) atoms. The first-order chi connectivity index (χ1) is 8.01. The third kappa shape index (κ3) is 7.74. The Labute approximate surface area is 103 Å². The van der Waals surface area contributed by atoms with Gasteiger partial charge in [-0.15, -0.1) is 0 Å². The van der Waals surface area contributed by atoms with Gasteiger partial charge in [0.25, 0.3) is 0 Å². The van der Waals surface area contributed by atoms with Crippen LogP contribution in [0.3, 0.4) is 0 Å². The lowest BCUT2D eigenvalue weighted by atomic mass is 10.2. The SMILES string of the molecule is CCN(CC)C(=O)CCNC(=O)CCC(C)O. The van der Waals surface area contributed by atoms with Crippen molar-refractivity contribution in [1.82, 2.24) is 10.2 Å². The zero-order valence-corrected chi connectivity index (χ0v) is 11.0. The fourth-order valence-corrected chi connectivity index (χ4v) is 1.47. The summed E-state index contributed by atoms with van der Waals surface area (Å²) in [6, 6.07) is 0. The van der Waals surface area contributed by atoms with Crippen molar-refractivity contribution in [3.8, 4) is 0 Å². The third-order valence-corrected chi connectivity index (χ3v) is 2.57. The maximum atomic E-state index is 11.6. The lowest BCUT2D eigenvalue weighted by Gasteiger charge is -2.18. The Morgan fingerprint density at radius 2 is 1.82 bits per heavy atom. The van der Waals surface area contributed by atoms with Crippen LogP contribution in [-0.4, -0.2) is 47.6 Å². The molecule has 0 spiro atoms. The standard InChI is InChI=1S/C12H24N2O3/c1-4-14(5-2)12(17)8-9-13-11(16)7-6-10(3)15/h10,15H,4-9H2,1-3H3,(H,13,16). The summed E-state index contributed by atoms with van der Waals surface area (Å²) in [6.07, 6.45) is 0.632. The molecule has 0 aromatic heterocycles. The summed E-state index contributed by atoms with van der Waals surface area (Å²) >= 11 is 0. The summed E-state index contributed by atoms with van der Waals surface area (Å²) in [5.74, 6) is -0.0518. The number of aliphatic hydroxyl groups excluding tert-OH is 1. The summed E-state index contributed by atoms with van der Waals surface area (Å²) in [6.45, 7) is 7.28. The second kappa shape index (κ2) is 8.98. The number of nitrogens with one attached hydrogen (secondary N) is 1. The number of rotatable bonds is 8. The van der Waals surface area contributed by atoms with Crippen molar-refractivity contribution in [3.05, 3.63) is 0 Å². The number of aliphatic hydroxyl groups is 1. The zero-order chi connectivity index (χ0) is 13.3. The molecule has 0 radical (unpaired) electrons. The van der Waals surface area contributed by atoms with Crippen LogP contribution in [-0.2, 0) is 9.59 Å². The van der Waals surface area contributed by atoms with Crippen molar-refractivity contribution in [2.24, 2.45) is 0 Å². The molecule has 1 unspecified atom stereocenters. The zero-order valence-electron chi connectivity index (χ0n) is 11.0. The van der Waals surface area contributed by atoms with E-state index in [1.807, 2.05) is 13.8 Å². The normalized spacial score (nSPS) is 12.0. The van der Waals surface area contributed by atoms with Gasteiger partial charge in [0.2, 0.25) is 11.8 Å². The Bertz CT molecular complexity index is 238. The first kappa shape index (κ1) is 15.9. The highest BCUT2D eigenvalue weighted by molar-refractivity contribution is 5.79. The molecule has 0 aliphatic carbocycles. The molecule has 0 fully saturated rings. The van der Waals surface area contributed by atoms with E-state index in [-0.39, 0.29) is 11.8 Å².